The number of rotatable bonds is 5. The van der Waals surface area contributed by atoms with Crippen molar-refractivity contribution in [3.63, 3.8) is 0 Å². The van der Waals surface area contributed by atoms with Gasteiger partial charge in [0, 0.05) is 6.54 Å². The summed E-state index contributed by atoms with van der Waals surface area (Å²) in [4.78, 5) is 2.40. The van der Waals surface area contributed by atoms with Gasteiger partial charge in [-0.15, -0.1) is 0 Å². The Morgan fingerprint density at radius 3 is 1.97 bits per heavy atom. The lowest BCUT2D eigenvalue weighted by atomic mass is 9.88. The first-order valence-electron chi connectivity index (χ1n) is 9.99. The smallest absolute Gasteiger partial charge is 0.161 e. The third kappa shape index (κ3) is 3.92. The van der Waals surface area contributed by atoms with Crippen LogP contribution in [-0.2, 0) is 6.42 Å². The molecular formula is C26H27NO2. The molecule has 0 aromatic heterocycles. The van der Waals surface area contributed by atoms with E-state index in [0.29, 0.717) is 0 Å². The zero-order valence-electron chi connectivity index (χ0n) is 17.3. The molecule has 1 aliphatic heterocycles. The SMILES string of the molecule is COc1cc2c(cc1OC)C(C=C(c1ccccc1)c1ccccc1)N(C)CC2. The minimum Gasteiger partial charge on any atom is -0.493 e. The van der Waals surface area contributed by atoms with Gasteiger partial charge in [-0.05, 0) is 53.4 Å². The number of nitrogens with zero attached hydrogens (tertiary/aromatic N) is 1. The van der Waals surface area contributed by atoms with E-state index in [9.17, 15) is 0 Å². The van der Waals surface area contributed by atoms with Gasteiger partial charge in [0.1, 0.15) is 0 Å². The molecule has 3 heteroatoms. The highest BCUT2D eigenvalue weighted by molar-refractivity contribution is 5.80. The van der Waals surface area contributed by atoms with Crippen LogP contribution in [0.3, 0.4) is 0 Å². The summed E-state index contributed by atoms with van der Waals surface area (Å²) < 4.78 is 11.1. The van der Waals surface area contributed by atoms with Crippen LogP contribution in [0.2, 0.25) is 0 Å². The molecule has 1 heterocycles. The van der Waals surface area contributed by atoms with Crippen molar-refractivity contribution in [3.05, 3.63) is 101 Å². The molecule has 0 radical (unpaired) electrons. The van der Waals surface area contributed by atoms with Gasteiger partial charge in [-0.3, -0.25) is 4.90 Å². The van der Waals surface area contributed by atoms with Crippen molar-refractivity contribution < 1.29 is 9.47 Å². The van der Waals surface area contributed by atoms with Gasteiger partial charge in [-0.2, -0.15) is 0 Å². The summed E-state index contributed by atoms with van der Waals surface area (Å²) in [6.45, 7) is 1.00. The number of methoxy groups -OCH3 is 2. The van der Waals surface area contributed by atoms with E-state index in [0.717, 1.165) is 24.5 Å². The zero-order chi connectivity index (χ0) is 20.2. The molecule has 0 bridgehead atoms. The summed E-state index contributed by atoms with van der Waals surface area (Å²) in [5, 5.41) is 0. The molecule has 0 aliphatic carbocycles. The van der Waals surface area contributed by atoms with Crippen molar-refractivity contribution in [2.24, 2.45) is 0 Å². The number of ether oxygens (including phenoxy) is 2. The number of fused-ring (bicyclic) bond motifs is 1. The molecule has 1 aliphatic rings. The Morgan fingerprint density at radius 1 is 0.862 bits per heavy atom. The second kappa shape index (κ2) is 8.54. The Kier molecular flexibility index (Phi) is 5.68. The van der Waals surface area contributed by atoms with Crippen LogP contribution in [0, 0.1) is 0 Å². The van der Waals surface area contributed by atoms with Crippen molar-refractivity contribution in [3.8, 4) is 11.5 Å². The molecule has 3 nitrogen and oxygen atoms in total. The van der Waals surface area contributed by atoms with E-state index >= 15 is 0 Å². The lowest BCUT2D eigenvalue weighted by Crippen LogP contribution is -2.31. The van der Waals surface area contributed by atoms with Crippen LogP contribution in [0.15, 0.2) is 78.9 Å². The van der Waals surface area contributed by atoms with Gasteiger partial charge in [0.2, 0.25) is 0 Å². The lowest BCUT2D eigenvalue weighted by molar-refractivity contribution is 0.269. The average Bonchev–Trinajstić information content (AvgIpc) is 2.78. The second-order valence-electron chi connectivity index (χ2n) is 7.39. The van der Waals surface area contributed by atoms with Crippen molar-refractivity contribution in [2.75, 3.05) is 27.8 Å². The Balaban J connectivity index is 1.87. The normalized spacial score (nSPS) is 16.0. The highest BCUT2D eigenvalue weighted by atomic mass is 16.5. The third-order valence-corrected chi connectivity index (χ3v) is 5.67. The molecule has 0 fully saturated rings. The van der Waals surface area contributed by atoms with Gasteiger partial charge in [0.15, 0.2) is 11.5 Å². The highest BCUT2D eigenvalue weighted by Gasteiger charge is 2.26. The van der Waals surface area contributed by atoms with E-state index in [1.165, 1.54) is 27.8 Å². The van der Waals surface area contributed by atoms with E-state index in [1.807, 2.05) is 0 Å². The molecule has 0 saturated carbocycles. The van der Waals surface area contributed by atoms with Crippen LogP contribution >= 0.6 is 0 Å². The topological polar surface area (TPSA) is 21.7 Å². The van der Waals surface area contributed by atoms with Crippen LogP contribution in [0.25, 0.3) is 5.57 Å². The summed E-state index contributed by atoms with van der Waals surface area (Å²) in [5.41, 5.74) is 6.29. The molecule has 0 N–H and O–H groups in total. The van der Waals surface area contributed by atoms with Gasteiger partial charge in [0.25, 0.3) is 0 Å². The second-order valence-corrected chi connectivity index (χ2v) is 7.39. The fourth-order valence-electron chi connectivity index (χ4n) is 4.07. The van der Waals surface area contributed by atoms with Crippen LogP contribution in [0.4, 0.5) is 0 Å². The fourth-order valence-corrected chi connectivity index (χ4v) is 4.07. The standard InChI is InChI=1S/C26H27NO2/c1-27-15-14-21-16-25(28-2)26(29-3)18-23(21)24(27)17-22(19-10-6-4-7-11-19)20-12-8-5-9-13-20/h4-13,16-18,24H,14-15H2,1-3H3. The maximum atomic E-state index is 5.60. The number of benzene rings is 3. The highest BCUT2D eigenvalue weighted by Crippen LogP contribution is 2.39. The van der Waals surface area contributed by atoms with Crippen molar-refractivity contribution in [1.82, 2.24) is 4.90 Å². The monoisotopic (exact) mass is 385 g/mol. The molecular weight excluding hydrogens is 358 g/mol. The summed E-state index contributed by atoms with van der Waals surface area (Å²) in [6.07, 6.45) is 3.39. The van der Waals surface area contributed by atoms with E-state index in [4.69, 9.17) is 9.47 Å². The predicted octanol–water partition coefficient (Wildman–Crippen LogP) is 5.36. The van der Waals surface area contributed by atoms with Crippen molar-refractivity contribution in [1.29, 1.82) is 0 Å². The molecule has 0 amide bonds. The Morgan fingerprint density at radius 2 is 1.41 bits per heavy atom. The maximum Gasteiger partial charge on any atom is 0.161 e. The minimum absolute atomic E-state index is 0.161. The van der Waals surface area contributed by atoms with Crippen LogP contribution in [0.5, 0.6) is 11.5 Å². The Hall–Kier alpha value is -3.04. The van der Waals surface area contributed by atoms with E-state index in [1.54, 1.807) is 14.2 Å². The first-order chi connectivity index (χ1) is 14.2. The maximum absolute atomic E-state index is 5.60. The van der Waals surface area contributed by atoms with Crippen molar-refractivity contribution in [2.45, 2.75) is 12.5 Å². The molecule has 0 saturated heterocycles. The predicted molar refractivity (Wildman–Crippen MR) is 119 cm³/mol. The van der Waals surface area contributed by atoms with Gasteiger partial charge in [0.05, 0.1) is 20.3 Å². The number of likely N-dealkylation sites (N-methyl/N-ethyl adjacent to an activating group) is 1. The molecule has 4 rings (SSSR count). The van der Waals surface area contributed by atoms with Crippen LogP contribution in [0.1, 0.15) is 28.3 Å². The quantitative estimate of drug-likeness (QED) is 0.590. The summed E-state index contributed by atoms with van der Waals surface area (Å²) >= 11 is 0. The largest absolute Gasteiger partial charge is 0.493 e. The number of hydrogen-bond donors (Lipinski definition) is 0. The summed E-state index contributed by atoms with van der Waals surface area (Å²) in [6, 6.07) is 25.6. The van der Waals surface area contributed by atoms with E-state index < -0.39 is 0 Å². The first kappa shape index (κ1) is 19.3. The van der Waals surface area contributed by atoms with E-state index in [-0.39, 0.29) is 6.04 Å². The minimum atomic E-state index is 0.161. The molecule has 148 valence electrons. The molecule has 1 unspecified atom stereocenters. The molecule has 1 atom stereocenters. The van der Waals surface area contributed by atoms with Gasteiger partial charge in [-0.1, -0.05) is 66.7 Å². The van der Waals surface area contributed by atoms with Crippen LogP contribution in [-0.4, -0.2) is 32.7 Å². The molecule has 29 heavy (non-hydrogen) atoms. The lowest BCUT2D eigenvalue weighted by Gasteiger charge is -2.34. The Labute approximate surface area is 173 Å². The van der Waals surface area contributed by atoms with Crippen LogP contribution < -0.4 is 9.47 Å². The number of hydrogen-bond acceptors (Lipinski definition) is 3. The fraction of sp³-hybridized carbons (Fsp3) is 0.231. The van der Waals surface area contributed by atoms with Gasteiger partial charge >= 0.3 is 0 Å². The van der Waals surface area contributed by atoms with E-state index in [2.05, 4.69) is 90.8 Å². The molecule has 3 aromatic carbocycles. The molecule has 0 spiro atoms. The Bertz CT molecular complexity index is 954. The third-order valence-electron chi connectivity index (χ3n) is 5.67. The van der Waals surface area contributed by atoms with Crippen molar-refractivity contribution >= 4 is 5.57 Å². The summed E-state index contributed by atoms with van der Waals surface area (Å²) in [5.74, 6) is 1.57. The molecule has 3 aromatic rings. The summed E-state index contributed by atoms with van der Waals surface area (Å²) in [7, 11) is 5.58. The van der Waals surface area contributed by atoms with Gasteiger partial charge in [-0.25, -0.2) is 0 Å². The first-order valence-corrected chi connectivity index (χ1v) is 9.99. The average molecular weight is 386 g/mol. The van der Waals surface area contributed by atoms with Gasteiger partial charge < -0.3 is 9.47 Å². The zero-order valence-corrected chi connectivity index (χ0v) is 17.3.